The Hall–Kier alpha value is 1.51. The fraction of sp³-hybridized carbons (Fsp3) is 1.00. The van der Waals surface area contributed by atoms with Gasteiger partial charge in [0.2, 0.25) is 0 Å². The van der Waals surface area contributed by atoms with Gasteiger partial charge in [-0.2, -0.15) is 0 Å². The van der Waals surface area contributed by atoms with Crippen LogP contribution in [0.1, 0.15) is 110 Å². The second kappa shape index (κ2) is 18.9. The molecule has 0 aromatic carbocycles. The maximum atomic E-state index is 11.4. The van der Waals surface area contributed by atoms with E-state index in [1.165, 1.54) is 32.1 Å². The Labute approximate surface area is 199 Å². The van der Waals surface area contributed by atoms with Crippen molar-refractivity contribution in [1.29, 1.82) is 0 Å². The van der Waals surface area contributed by atoms with E-state index >= 15 is 0 Å². The summed E-state index contributed by atoms with van der Waals surface area (Å²) in [5, 5.41) is 9.02. The molecular formula is C19H39KO4S. The van der Waals surface area contributed by atoms with Crippen LogP contribution in [-0.2, 0) is 10.1 Å². The van der Waals surface area contributed by atoms with Gasteiger partial charge < -0.3 is 9.66 Å². The molecule has 0 aliphatic heterocycles. The van der Waals surface area contributed by atoms with Crippen LogP contribution in [0.25, 0.3) is 0 Å². The molecule has 6 heteroatoms. The molecule has 1 N–H and O–H groups in total. The SMILES string of the molecule is CCCCCCCCCCC(O)C(CCCCCCC)S(=O)(=O)[O-].[K+]. The second-order valence-electron chi connectivity index (χ2n) is 7.07. The van der Waals surface area contributed by atoms with Crippen molar-refractivity contribution in [3.8, 4) is 0 Å². The molecule has 0 fully saturated rings. The van der Waals surface area contributed by atoms with E-state index in [0.29, 0.717) is 19.3 Å². The number of hydrogen-bond acceptors (Lipinski definition) is 4. The van der Waals surface area contributed by atoms with Gasteiger partial charge >= 0.3 is 51.4 Å². The summed E-state index contributed by atoms with van der Waals surface area (Å²) in [5.41, 5.74) is 0. The quantitative estimate of drug-likeness (QED) is 0.230. The zero-order valence-electron chi connectivity index (χ0n) is 16.8. The zero-order valence-corrected chi connectivity index (χ0v) is 20.8. The van der Waals surface area contributed by atoms with Gasteiger partial charge in [0.15, 0.2) is 0 Å². The summed E-state index contributed by atoms with van der Waals surface area (Å²) in [7, 11) is -4.41. The standard InChI is InChI=1S/C19H40O4S.K/c1-3-5-7-9-10-11-13-14-16-18(20)19(24(21,22)23)17-15-12-8-6-4-2;/h18-20H,3-17H2,1-2H3,(H,21,22,23);/q;+1/p-1. The summed E-state index contributed by atoms with van der Waals surface area (Å²) in [6.07, 6.45) is 13.9. The largest absolute Gasteiger partial charge is 1.00 e. The molecule has 0 amide bonds. The monoisotopic (exact) mass is 402 g/mol. The molecule has 0 spiro atoms. The maximum absolute atomic E-state index is 11.4. The molecule has 0 radical (unpaired) electrons. The Balaban J connectivity index is 0. The molecule has 0 aliphatic carbocycles. The first-order chi connectivity index (χ1) is 11.4. The van der Waals surface area contributed by atoms with Crippen LogP contribution in [0, 0.1) is 0 Å². The summed E-state index contributed by atoms with van der Waals surface area (Å²) in [4.78, 5) is 0. The Morgan fingerprint density at radius 3 is 1.48 bits per heavy atom. The third kappa shape index (κ3) is 17.3. The molecule has 0 aromatic rings. The topological polar surface area (TPSA) is 77.4 Å². The number of aliphatic hydroxyl groups excluding tert-OH is 1. The molecule has 2 unspecified atom stereocenters. The summed E-state index contributed by atoms with van der Waals surface area (Å²) in [5.74, 6) is 0. The zero-order chi connectivity index (χ0) is 18.3. The van der Waals surface area contributed by atoms with Gasteiger partial charge in [-0.05, 0) is 12.8 Å². The van der Waals surface area contributed by atoms with Gasteiger partial charge in [0.25, 0.3) is 0 Å². The van der Waals surface area contributed by atoms with Crippen LogP contribution in [0.4, 0.5) is 0 Å². The molecular weight excluding hydrogens is 363 g/mol. The summed E-state index contributed by atoms with van der Waals surface area (Å²) < 4.78 is 34.2. The fourth-order valence-electron chi connectivity index (χ4n) is 3.15. The molecule has 0 saturated carbocycles. The number of aliphatic hydroxyl groups is 1. The van der Waals surface area contributed by atoms with E-state index in [0.717, 1.165) is 44.9 Å². The van der Waals surface area contributed by atoms with Crippen molar-refractivity contribution in [2.75, 3.05) is 0 Å². The molecule has 0 rings (SSSR count). The van der Waals surface area contributed by atoms with Crippen molar-refractivity contribution >= 4 is 10.1 Å². The normalized spacial score (nSPS) is 14.1. The van der Waals surface area contributed by atoms with Crippen molar-refractivity contribution in [1.82, 2.24) is 0 Å². The first-order valence-corrected chi connectivity index (χ1v) is 11.5. The van der Waals surface area contributed by atoms with Crippen molar-refractivity contribution in [3.63, 3.8) is 0 Å². The van der Waals surface area contributed by atoms with Crippen LogP contribution in [0.2, 0.25) is 0 Å². The van der Waals surface area contributed by atoms with E-state index in [-0.39, 0.29) is 51.4 Å². The van der Waals surface area contributed by atoms with Gasteiger partial charge in [-0.3, -0.25) is 0 Å². The first-order valence-electron chi connectivity index (χ1n) is 10.1. The van der Waals surface area contributed by atoms with E-state index in [4.69, 9.17) is 0 Å². The van der Waals surface area contributed by atoms with Crippen LogP contribution in [0.15, 0.2) is 0 Å². The van der Waals surface area contributed by atoms with Crippen LogP contribution in [-0.4, -0.2) is 29.4 Å². The molecule has 0 aliphatic rings. The minimum absolute atomic E-state index is 0. The molecule has 0 saturated heterocycles. The first kappa shape index (κ1) is 28.7. The van der Waals surface area contributed by atoms with E-state index in [2.05, 4.69) is 13.8 Å². The minimum atomic E-state index is -4.41. The molecule has 4 nitrogen and oxygen atoms in total. The summed E-state index contributed by atoms with van der Waals surface area (Å²) >= 11 is 0. The molecule has 2 atom stereocenters. The Morgan fingerprint density at radius 2 is 1.08 bits per heavy atom. The fourth-order valence-corrected chi connectivity index (χ4v) is 4.13. The van der Waals surface area contributed by atoms with Crippen molar-refractivity contribution in [3.05, 3.63) is 0 Å². The molecule has 25 heavy (non-hydrogen) atoms. The van der Waals surface area contributed by atoms with E-state index in [1.54, 1.807) is 0 Å². The van der Waals surface area contributed by atoms with Gasteiger partial charge in [0.1, 0.15) is 10.1 Å². The Bertz CT molecular complexity index is 374. The van der Waals surface area contributed by atoms with Gasteiger partial charge in [0.05, 0.1) is 11.4 Å². The Morgan fingerprint density at radius 1 is 0.720 bits per heavy atom. The van der Waals surface area contributed by atoms with Crippen LogP contribution >= 0.6 is 0 Å². The third-order valence-electron chi connectivity index (χ3n) is 4.75. The number of hydrogen-bond donors (Lipinski definition) is 1. The number of unbranched alkanes of at least 4 members (excludes halogenated alkanes) is 11. The second-order valence-corrected chi connectivity index (χ2v) is 8.66. The van der Waals surface area contributed by atoms with Crippen molar-refractivity contribution in [2.24, 2.45) is 0 Å². The van der Waals surface area contributed by atoms with Crippen LogP contribution in [0.5, 0.6) is 0 Å². The van der Waals surface area contributed by atoms with Gasteiger partial charge in [-0.25, -0.2) is 8.42 Å². The molecule has 0 heterocycles. The van der Waals surface area contributed by atoms with Crippen molar-refractivity contribution < 1.29 is 69.5 Å². The summed E-state index contributed by atoms with van der Waals surface area (Å²) in [6.45, 7) is 4.32. The smallest absolute Gasteiger partial charge is 0.748 e. The van der Waals surface area contributed by atoms with Crippen LogP contribution < -0.4 is 51.4 Å². The predicted molar refractivity (Wildman–Crippen MR) is 100 cm³/mol. The Kier molecular flexibility index (Phi) is 21.7. The average molecular weight is 403 g/mol. The molecule has 0 aromatic heterocycles. The predicted octanol–water partition coefficient (Wildman–Crippen LogP) is 2.16. The minimum Gasteiger partial charge on any atom is -0.748 e. The molecule has 146 valence electrons. The van der Waals surface area contributed by atoms with Gasteiger partial charge in [0, 0.05) is 0 Å². The molecule has 0 bridgehead atoms. The van der Waals surface area contributed by atoms with Gasteiger partial charge in [-0.15, -0.1) is 0 Å². The number of rotatable bonds is 17. The van der Waals surface area contributed by atoms with E-state index in [1.807, 2.05) is 0 Å². The van der Waals surface area contributed by atoms with Crippen molar-refractivity contribution in [2.45, 2.75) is 122 Å². The third-order valence-corrected chi connectivity index (χ3v) is 6.04. The van der Waals surface area contributed by atoms with Crippen LogP contribution in [0.3, 0.4) is 0 Å². The summed E-state index contributed by atoms with van der Waals surface area (Å²) in [6, 6.07) is 0. The van der Waals surface area contributed by atoms with E-state index < -0.39 is 21.5 Å². The van der Waals surface area contributed by atoms with E-state index in [9.17, 15) is 18.1 Å². The van der Waals surface area contributed by atoms with Gasteiger partial charge in [-0.1, -0.05) is 97.3 Å². The maximum Gasteiger partial charge on any atom is 1.00 e. The average Bonchev–Trinajstić information content (AvgIpc) is 2.52.